The molecule has 2 bridgehead atoms. The van der Waals surface area contributed by atoms with Crippen LogP contribution in [0.3, 0.4) is 0 Å². The number of nitrogens with zero attached hydrogens (tertiary/aromatic N) is 5. The molecular formula is C34H44FN7O3. The second-order valence-corrected chi connectivity index (χ2v) is 13.3. The topological polar surface area (TPSA) is 120 Å². The SMILES string of the molecule is COc1cc(C(=O)N2CC[C@@H](F)[C@@H](N)C2)cc2nc(-c3cc4ccc5nc4n3CCCCCCC(C)(C)C(=O)N[C@@H]5C)n(C)c12. The molecule has 4 aromatic rings. The van der Waals surface area contributed by atoms with E-state index in [1.165, 1.54) is 0 Å². The number of methoxy groups -OCH3 is 1. The molecule has 1 saturated heterocycles. The van der Waals surface area contributed by atoms with Gasteiger partial charge in [-0.1, -0.05) is 33.1 Å². The average Bonchev–Trinajstić information content (AvgIpc) is 3.55. The van der Waals surface area contributed by atoms with Crippen LogP contribution in [0.25, 0.3) is 33.6 Å². The molecule has 10 nitrogen and oxygen atoms in total. The number of hydrogen-bond acceptors (Lipinski definition) is 6. The van der Waals surface area contributed by atoms with Crippen molar-refractivity contribution in [1.29, 1.82) is 0 Å². The maximum atomic E-state index is 14.0. The van der Waals surface area contributed by atoms with Crippen LogP contribution >= 0.6 is 0 Å². The van der Waals surface area contributed by atoms with Crippen LogP contribution in [-0.4, -0.2) is 68.2 Å². The molecule has 45 heavy (non-hydrogen) atoms. The van der Waals surface area contributed by atoms with Crippen LogP contribution in [0, 0.1) is 5.41 Å². The molecule has 0 spiro atoms. The van der Waals surface area contributed by atoms with Gasteiger partial charge in [0.25, 0.3) is 5.91 Å². The molecule has 0 unspecified atom stereocenters. The predicted molar refractivity (Wildman–Crippen MR) is 173 cm³/mol. The van der Waals surface area contributed by atoms with Gasteiger partial charge in [-0.25, -0.2) is 14.4 Å². The first-order valence-electron chi connectivity index (χ1n) is 16.0. The maximum absolute atomic E-state index is 14.0. The Morgan fingerprint density at radius 3 is 2.64 bits per heavy atom. The molecular weight excluding hydrogens is 573 g/mol. The smallest absolute Gasteiger partial charge is 0.254 e. The van der Waals surface area contributed by atoms with Crippen LogP contribution in [0.4, 0.5) is 4.39 Å². The summed E-state index contributed by atoms with van der Waals surface area (Å²) in [7, 11) is 3.53. The standard InChI is InChI=1S/C34H44FN7O3/c1-20-25-11-10-21-17-27(42(30(21)38-25)14-9-7-6-8-13-34(2,3)33(44)37-20)31-39-26-16-22(18-28(45-5)29(26)40(31)4)32(43)41-15-12-23(35)24(36)19-41/h10-11,16-18,20,23-24H,6-9,12-15,19,36H2,1-5H3,(H,37,44)/t20-,23-,24+/m1/s1. The molecule has 240 valence electrons. The zero-order valence-electron chi connectivity index (χ0n) is 26.9. The first-order chi connectivity index (χ1) is 21.5. The second-order valence-electron chi connectivity index (χ2n) is 13.3. The molecule has 3 atom stereocenters. The average molecular weight is 618 g/mol. The minimum atomic E-state index is -1.10. The number of hydrogen-bond donors (Lipinski definition) is 2. The lowest BCUT2D eigenvalue weighted by atomic mass is 9.85. The second kappa shape index (κ2) is 12.1. The van der Waals surface area contributed by atoms with E-state index in [0.717, 1.165) is 72.4 Å². The normalized spacial score (nSPS) is 22.9. The summed E-state index contributed by atoms with van der Waals surface area (Å²) in [6, 6.07) is 8.73. The maximum Gasteiger partial charge on any atom is 0.254 e. The van der Waals surface area contributed by atoms with Crippen LogP contribution < -0.4 is 15.8 Å². The van der Waals surface area contributed by atoms with Crippen LogP contribution in [0.15, 0.2) is 30.3 Å². The van der Waals surface area contributed by atoms with E-state index in [2.05, 4.69) is 22.0 Å². The van der Waals surface area contributed by atoms with Crippen LogP contribution in [0.1, 0.15) is 81.4 Å². The number of nitrogens with one attached hydrogen (secondary N) is 1. The number of pyridine rings is 1. The van der Waals surface area contributed by atoms with E-state index >= 15 is 0 Å². The summed E-state index contributed by atoms with van der Waals surface area (Å²) in [5.41, 5.74) is 9.92. The molecule has 0 aliphatic carbocycles. The highest BCUT2D eigenvalue weighted by Crippen LogP contribution is 2.35. The van der Waals surface area contributed by atoms with Crippen molar-refractivity contribution in [3.63, 3.8) is 0 Å². The molecule has 0 saturated carbocycles. The van der Waals surface area contributed by atoms with E-state index in [9.17, 15) is 14.0 Å². The van der Waals surface area contributed by atoms with Crippen molar-refractivity contribution in [2.24, 2.45) is 18.2 Å². The highest BCUT2D eigenvalue weighted by Gasteiger charge is 2.31. The van der Waals surface area contributed by atoms with E-state index in [-0.39, 0.29) is 30.8 Å². The Hall–Kier alpha value is -3.99. The summed E-state index contributed by atoms with van der Waals surface area (Å²) in [6.07, 6.45) is 4.01. The Morgan fingerprint density at radius 2 is 1.89 bits per heavy atom. The molecule has 6 rings (SSSR count). The molecule has 2 amide bonds. The van der Waals surface area contributed by atoms with Crippen LogP contribution in [0.2, 0.25) is 0 Å². The van der Waals surface area contributed by atoms with Crippen molar-refractivity contribution >= 4 is 33.9 Å². The van der Waals surface area contributed by atoms with Gasteiger partial charge >= 0.3 is 0 Å². The molecule has 1 fully saturated rings. The minimum Gasteiger partial charge on any atom is -0.494 e. The molecule has 2 aliphatic rings. The van der Waals surface area contributed by atoms with E-state index < -0.39 is 17.6 Å². The lowest BCUT2D eigenvalue weighted by molar-refractivity contribution is -0.130. The molecule has 2 aliphatic heterocycles. The van der Waals surface area contributed by atoms with E-state index in [1.54, 1.807) is 24.1 Å². The molecule has 11 heteroatoms. The van der Waals surface area contributed by atoms with Crippen LogP contribution in [0.5, 0.6) is 5.75 Å². The van der Waals surface area contributed by atoms with Crippen LogP contribution in [-0.2, 0) is 18.4 Å². The fourth-order valence-corrected chi connectivity index (χ4v) is 6.70. The van der Waals surface area contributed by atoms with Gasteiger partial charge in [0.05, 0.1) is 36.1 Å². The fourth-order valence-electron chi connectivity index (χ4n) is 6.70. The third-order valence-electron chi connectivity index (χ3n) is 9.59. The summed E-state index contributed by atoms with van der Waals surface area (Å²) in [5.74, 6) is 1.10. The van der Waals surface area contributed by atoms with Gasteiger partial charge in [0.1, 0.15) is 23.1 Å². The molecule has 1 aromatic carbocycles. The van der Waals surface area contributed by atoms with Gasteiger partial charge in [-0.2, -0.15) is 0 Å². The Labute approximate surface area is 263 Å². The number of ether oxygens (including phenoxy) is 1. The third kappa shape index (κ3) is 5.78. The number of aromatic nitrogens is 4. The monoisotopic (exact) mass is 617 g/mol. The van der Waals surface area contributed by atoms with Gasteiger partial charge in [-0.3, -0.25) is 9.59 Å². The molecule has 0 radical (unpaired) electrons. The Balaban J connectivity index is 1.42. The fraction of sp³-hybridized carbons (Fsp3) is 0.529. The predicted octanol–water partition coefficient (Wildman–Crippen LogP) is 5.28. The number of aryl methyl sites for hydroxylation is 2. The van der Waals surface area contributed by atoms with Gasteiger partial charge in [-0.15, -0.1) is 0 Å². The highest BCUT2D eigenvalue weighted by atomic mass is 19.1. The van der Waals surface area contributed by atoms with Gasteiger partial charge in [0.15, 0.2) is 5.82 Å². The van der Waals surface area contributed by atoms with Gasteiger partial charge < -0.3 is 29.8 Å². The Morgan fingerprint density at radius 1 is 1.11 bits per heavy atom. The van der Waals surface area contributed by atoms with Gasteiger partial charge in [-0.05, 0) is 56.5 Å². The summed E-state index contributed by atoms with van der Waals surface area (Å²) >= 11 is 0. The zero-order chi connectivity index (χ0) is 32.0. The van der Waals surface area contributed by atoms with Crippen molar-refractivity contribution in [2.45, 2.75) is 84.1 Å². The largest absolute Gasteiger partial charge is 0.494 e. The number of carbonyl (C=O) groups is 2. The van der Waals surface area contributed by atoms with Crippen molar-refractivity contribution in [2.75, 3.05) is 20.2 Å². The van der Waals surface area contributed by atoms with Crippen molar-refractivity contribution in [3.8, 4) is 17.3 Å². The zero-order valence-corrected chi connectivity index (χ0v) is 26.9. The lowest BCUT2D eigenvalue weighted by Crippen LogP contribution is -2.51. The Bertz CT molecular complexity index is 1760. The summed E-state index contributed by atoms with van der Waals surface area (Å²) < 4.78 is 24.0. The summed E-state index contributed by atoms with van der Waals surface area (Å²) in [5, 5.41) is 4.18. The number of likely N-dealkylation sites (tertiary alicyclic amines) is 1. The number of piperidine rings is 1. The van der Waals surface area contributed by atoms with Crippen molar-refractivity contribution in [1.82, 2.24) is 29.3 Å². The number of amides is 2. The Kier molecular flexibility index (Phi) is 8.32. The van der Waals surface area contributed by atoms with Crippen molar-refractivity contribution < 1.29 is 18.7 Å². The quantitative estimate of drug-likeness (QED) is 0.323. The number of benzene rings is 1. The third-order valence-corrected chi connectivity index (χ3v) is 9.59. The summed E-state index contributed by atoms with van der Waals surface area (Å²) in [4.78, 5) is 38.3. The number of nitrogens with two attached hydrogens (primary N) is 1. The van der Waals surface area contributed by atoms with Crippen molar-refractivity contribution in [3.05, 3.63) is 41.6 Å². The number of imidazole rings is 1. The van der Waals surface area contributed by atoms with Gasteiger partial charge in [0.2, 0.25) is 5.91 Å². The lowest BCUT2D eigenvalue weighted by Gasteiger charge is -2.33. The molecule has 3 N–H and O–H groups in total. The van der Waals surface area contributed by atoms with E-state index in [1.807, 2.05) is 38.5 Å². The number of halogens is 1. The van der Waals surface area contributed by atoms with E-state index in [4.69, 9.17) is 20.4 Å². The molecule has 3 aromatic heterocycles. The number of rotatable bonds is 3. The number of fused-ring (bicyclic) bond motifs is 2. The first-order valence-corrected chi connectivity index (χ1v) is 16.0. The highest BCUT2D eigenvalue weighted by molar-refractivity contribution is 6.00. The van der Waals surface area contributed by atoms with Gasteiger partial charge in [0, 0.05) is 43.0 Å². The number of carbonyl (C=O) groups excluding carboxylic acids is 2. The number of alkyl halides is 1. The first kappa shape index (κ1) is 31.0. The van der Waals surface area contributed by atoms with E-state index in [0.29, 0.717) is 23.4 Å². The minimum absolute atomic E-state index is 0.0475. The summed E-state index contributed by atoms with van der Waals surface area (Å²) in [6.45, 7) is 7.27. The molecule has 5 heterocycles.